The first-order valence-corrected chi connectivity index (χ1v) is 14.0. The summed E-state index contributed by atoms with van der Waals surface area (Å²) in [6.07, 6.45) is 5.07. The number of hydrogen-bond donors (Lipinski definition) is 3. The van der Waals surface area contributed by atoms with Gasteiger partial charge in [0.25, 0.3) is 0 Å². The van der Waals surface area contributed by atoms with Gasteiger partial charge in [-0.05, 0) is 61.4 Å². The maximum Gasteiger partial charge on any atom is 0.314 e. The number of benzene rings is 2. The van der Waals surface area contributed by atoms with Crippen LogP contribution in [0.3, 0.4) is 0 Å². The normalized spacial score (nSPS) is 16.0. The molecular weight excluding hydrogens is 504 g/mol. The number of hydrogen-bond acceptors (Lipinski definition) is 7. The molecule has 2 aliphatic rings. The van der Waals surface area contributed by atoms with Crippen LogP contribution >= 0.6 is 0 Å². The Labute approximate surface area is 220 Å². The van der Waals surface area contributed by atoms with Gasteiger partial charge in [0.2, 0.25) is 16.0 Å². The van der Waals surface area contributed by atoms with E-state index in [0.29, 0.717) is 43.2 Å². The van der Waals surface area contributed by atoms with Gasteiger partial charge >= 0.3 is 6.03 Å². The zero-order chi connectivity index (χ0) is 26.3. The molecule has 38 heavy (non-hydrogen) atoms. The van der Waals surface area contributed by atoms with Crippen LogP contribution in [-0.4, -0.2) is 65.3 Å². The molecule has 12 heteroatoms. The van der Waals surface area contributed by atoms with Crippen LogP contribution in [0.5, 0.6) is 0 Å². The highest BCUT2D eigenvalue weighted by Gasteiger charge is 2.35. The van der Waals surface area contributed by atoms with E-state index in [1.165, 1.54) is 0 Å². The Balaban J connectivity index is 1.18. The summed E-state index contributed by atoms with van der Waals surface area (Å²) in [6.45, 7) is 2.68. The van der Waals surface area contributed by atoms with E-state index in [4.69, 9.17) is 10.7 Å². The molecule has 0 bridgehead atoms. The monoisotopic (exact) mass is 532 g/mol. The van der Waals surface area contributed by atoms with Crippen molar-refractivity contribution in [3.05, 3.63) is 67.0 Å². The predicted octanol–water partition coefficient (Wildman–Crippen LogP) is 3.27. The van der Waals surface area contributed by atoms with Crippen molar-refractivity contribution in [3.8, 4) is 5.69 Å². The Bertz CT molecular complexity index is 1590. The summed E-state index contributed by atoms with van der Waals surface area (Å²) < 4.78 is 29.3. The van der Waals surface area contributed by atoms with Crippen LogP contribution in [0.2, 0.25) is 0 Å². The fourth-order valence-electron chi connectivity index (χ4n) is 4.60. The van der Waals surface area contributed by atoms with Gasteiger partial charge in [0.05, 0.1) is 10.9 Å². The summed E-state index contributed by atoms with van der Waals surface area (Å²) in [5.74, 6) is 0.450. The number of urea groups is 1. The van der Waals surface area contributed by atoms with Gasteiger partial charge in [-0.25, -0.2) is 18.2 Å². The van der Waals surface area contributed by atoms with Crippen molar-refractivity contribution in [1.82, 2.24) is 19.4 Å². The van der Waals surface area contributed by atoms with Crippen molar-refractivity contribution in [2.24, 2.45) is 5.73 Å². The molecule has 2 fully saturated rings. The predicted molar refractivity (Wildman–Crippen MR) is 148 cm³/mol. The number of amides is 2. The Hall–Kier alpha value is -4.32. The van der Waals surface area contributed by atoms with Crippen LogP contribution < -0.4 is 20.7 Å². The quantitative estimate of drug-likeness (QED) is 0.332. The number of rotatable bonds is 7. The van der Waals surface area contributed by atoms with E-state index in [1.807, 2.05) is 53.2 Å². The number of nitrogens with one attached hydrogen (secondary N) is 2. The maximum absolute atomic E-state index is 12.4. The van der Waals surface area contributed by atoms with E-state index in [9.17, 15) is 13.2 Å². The molecule has 0 spiro atoms. The molecule has 6 rings (SSSR count). The van der Waals surface area contributed by atoms with Gasteiger partial charge in [-0.15, -0.1) is 0 Å². The summed E-state index contributed by atoms with van der Waals surface area (Å²) in [6, 6.07) is 16.8. The number of nitrogens with zero attached hydrogens (tertiary/aromatic N) is 5. The Morgan fingerprint density at radius 2 is 1.71 bits per heavy atom. The molecule has 2 amide bonds. The lowest BCUT2D eigenvalue weighted by molar-refractivity contribution is 0.204. The second-order valence-electron chi connectivity index (χ2n) is 9.54. The van der Waals surface area contributed by atoms with Gasteiger partial charge in [0.15, 0.2) is 0 Å². The number of piperazine rings is 1. The average molecular weight is 533 g/mol. The number of primary amides is 1. The van der Waals surface area contributed by atoms with Gasteiger partial charge in [0, 0.05) is 61.0 Å². The summed E-state index contributed by atoms with van der Waals surface area (Å²) in [7, 11) is -3.34. The van der Waals surface area contributed by atoms with Gasteiger partial charge in [-0.1, -0.05) is 6.07 Å². The summed E-state index contributed by atoms with van der Waals surface area (Å²) >= 11 is 0. The van der Waals surface area contributed by atoms with Crippen molar-refractivity contribution in [1.29, 1.82) is 0 Å². The fraction of sp³-hybridized carbons (Fsp3) is 0.269. The second kappa shape index (κ2) is 9.53. The van der Waals surface area contributed by atoms with Crippen molar-refractivity contribution >= 4 is 50.1 Å². The van der Waals surface area contributed by atoms with E-state index < -0.39 is 10.0 Å². The zero-order valence-corrected chi connectivity index (χ0v) is 21.4. The van der Waals surface area contributed by atoms with Crippen LogP contribution in [-0.2, 0) is 10.0 Å². The zero-order valence-electron chi connectivity index (χ0n) is 20.6. The van der Waals surface area contributed by atoms with Crippen molar-refractivity contribution < 1.29 is 13.2 Å². The van der Waals surface area contributed by atoms with E-state index in [0.717, 1.165) is 35.5 Å². The highest BCUT2D eigenvalue weighted by Crippen LogP contribution is 2.30. The molecule has 3 heterocycles. The number of anilines is 4. The maximum atomic E-state index is 12.4. The first kappa shape index (κ1) is 24.0. The van der Waals surface area contributed by atoms with Crippen LogP contribution in [0.15, 0.2) is 67.0 Å². The topological polar surface area (TPSA) is 138 Å². The van der Waals surface area contributed by atoms with Crippen LogP contribution in [0.4, 0.5) is 27.8 Å². The lowest BCUT2D eigenvalue weighted by atomic mass is 10.2. The number of fused-ring (bicyclic) bond motifs is 1. The van der Waals surface area contributed by atoms with Crippen LogP contribution in [0.1, 0.15) is 12.8 Å². The van der Waals surface area contributed by atoms with Gasteiger partial charge in [-0.3, -0.25) is 4.72 Å². The fourth-order valence-corrected chi connectivity index (χ4v) is 5.98. The number of carbonyl (C=O) groups is 1. The molecule has 0 atom stereocenters. The van der Waals surface area contributed by atoms with Crippen LogP contribution in [0.25, 0.3) is 16.7 Å². The Morgan fingerprint density at radius 1 is 0.947 bits per heavy atom. The molecule has 0 radical (unpaired) electrons. The molecule has 1 saturated carbocycles. The molecule has 1 saturated heterocycles. The first-order chi connectivity index (χ1) is 18.4. The van der Waals surface area contributed by atoms with Gasteiger partial charge in [0.1, 0.15) is 5.65 Å². The van der Waals surface area contributed by atoms with E-state index in [2.05, 4.69) is 19.9 Å². The molecule has 4 aromatic rings. The first-order valence-electron chi connectivity index (χ1n) is 12.5. The molecule has 2 aromatic carbocycles. The minimum absolute atomic E-state index is 0.291. The smallest absolute Gasteiger partial charge is 0.314 e. The molecule has 4 N–H and O–H groups in total. The standard InChI is InChI=1S/C26H28N8O3S/c27-25(35)33-14-12-32(13-15-33)21-6-4-19(5-7-21)29-26-28-17-18-10-11-34(24(18)30-26)22-3-1-2-20(16-22)31-38(36,37)23-8-9-23/h1-7,10-11,16-17,23,31H,8-9,12-15H2,(H2,27,35)(H,28,29,30). The average Bonchev–Trinajstić information content (AvgIpc) is 3.70. The molecule has 2 aromatic heterocycles. The van der Waals surface area contributed by atoms with E-state index in [1.54, 1.807) is 23.2 Å². The van der Waals surface area contributed by atoms with Crippen molar-refractivity contribution in [3.63, 3.8) is 0 Å². The number of carbonyl (C=O) groups excluding carboxylic acids is 1. The Kier molecular flexibility index (Phi) is 6.03. The summed E-state index contributed by atoms with van der Waals surface area (Å²) in [5.41, 5.74) is 9.32. The molecule has 0 unspecified atom stereocenters. The highest BCUT2D eigenvalue weighted by molar-refractivity contribution is 7.93. The largest absolute Gasteiger partial charge is 0.368 e. The van der Waals surface area contributed by atoms with Gasteiger partial charge in [-0.2, -0.15) is 4.98 Å². The van der Waals surface area contributed by atoms with E-state index >= 15 is 0 Å². The molecule has 1 aliphatic heterocycles. The second-order valence-corrected chi connectivity index (χ2v) is 11.5. The SMILES string of the molecule is NC(=O)N1CCN(c2ccc(Nc3ncc4ccn(-c5cccc(NS(=O)(=O)C6CC6)c5)c4n3)cc2)CC1. The molecular formula is C26H28N8O3S. The van der Waals surface area contributed by atoms with Crippen LogP contribution in [0, 0.1) is 0 Å². The van der Waals surface area contributed by atoms with Crippen molar-refractivity contribution in [2.45, 2.75) is 18.1 Å². The third kappa shape index (κ3) is 4.94. The number of aromatic nitrogens is 3. The molecule has 196 valence electrons. The minimum atomic E-state index is -3.34. The minimum Gasteiger partial charge on any atom is -0.368 e. The summed E-state index contributed by atoms with van der Waals surface area (Å²) in [5, 5.41) is 3.84. The number of sulfonamides is 1. The van der Waals surface area contributed by atoms with Crippen molar-refractivity contribution in [2.75, 3.05) is 41.1 Å². The lowest BCUT2D eigenvalue weighted by Gasteiger charge is -2.35. The number of nitrogens with two attached hydrogens (primary N) is 1. The van der Waals surface area contributed by atoms with Gasteiger partial charge < -0.3 is 25.4 Å². The third-order valence-electron chi connectivity index (χ3n) is 6.85. The lowest BCUT2D eigenvalue weighted by Crippen LogP contribution is -2.50. The third-order valence-corrected chi connectivity index (χ3v) is 8.72. The summed E-state index contributed by atoms with van der Waals surface area (Å²) in [4.78, 5) is 24.4. The van der Waals surface area contributed by atoms with E-state index in [-0.39, 0.29) is 11.3 Å². The molecule has 1 aliphatic carbocycles. The Morgan fingerprint density at radius 3 is 2.42 bits per heavy atom. The highest BCUT2D eigenvalue weighted by atomic mass is 32.2. The molecule has 11 nitrogen and oxygen atoms in total.